The number of nitrogens with one attached hydrogen (secondary N) is 1. The van der Waals surface area contributed by atoms with Gasteiger partial charge in [-0.3, -0.25) is 0 Å². The molecule has 0 bridgehead atoms. The SMILES string of the molecule is Fc1cc(-n2c3ccccc3c3ccccc32)ccc1-c1nc(-c2ccccc2)nc(-c2cccc(-c3ccc(-n4c5ccccc5c5c6c(c7ccccc7n6-c6ccccc6)c6[nH]c7ccccc7c6c54)cc3)c2)n1. The number of aromatic amines is 1. The van der Waals surface area contributed by atoms with Gasteiger partial charge in [-0.25, -0.2) is 19.3 Å². The fourth-order valence-electron chi connectivity index (χ4n) is 12.1. The van der Waals surface area contributed by atoms with Gasteiger partial charge in [0.25, 0.3) is 0 Å². The molecule has 11 aromatic carbocycles. The van der Waals surface area contributed by atoms with Crippen molar-refractivity contribution in [1.82, 2.24) is 33.6 Å². The molecular weight excluding hydrogens is 946 g/mol. The van der Waals surface area contributed by atoms with Crippen LogP contribution in [0.15, 0.2) is 249 Å². The van der Waals surface area contributed by atoms with E-state index in [4.69, 9.17) is 15.0 Å². The van der Waals surface area contributed by atoms with Crippen molar-refractivity contribution in [2.24, 2.45) is 0 Å². The number of fused-ring (bicyclic) bond motifs is 15. The molecule has 5 aromatic heterocycles. The number of H-pyrrole nitrogens is 1. The Morgan fingerprint density at radius 3 is 1.43 bits per heavy atom. The van der Waals surface area contributed by atoms with Gasteiger partial charge in [-0.1, -0.05) is 170 Å². The number of hydrogen-bond acceptors (Lipinski definition) is 3. The highest BCUT2D eigenvalue weighted by atomic mass is 19.1. The van der Waals surface area contributed by atoms with Crippen molar-refractivity contribution in [1.29, 1.82) is 0 Å². The Bertz CT molecular complexity index is 4990. The number of benzene rings is 11. The van der Waals surface area contributed by atoms with E-state index in [1.165, 1.54) is 37.8 Å². The lowest BCUT2D eigenvalue weighted by Crippen LogP contribution is -2.02. The highest BCUT2D eigenvalue weighted by Gasteiger charge is 2.27. The summed E-state index contributed by atoms with van der Waals surface area (Å²) in [5, 5.41) is 9.40. The summed E-state index contributed by atoms with van der Waals surface area (Å²) >= 11 is 0. The molecule has 0 saturated heterocycles. The quantitative estimate of drug-likeness (QED) is 0.173. The summed E-state index contributed by atoms with van der Waals surface area (Å²) < 4.78 is 23.8. The first-order valence-corrected chi connectivity index (χ1v) is 25.9. The zero-order chi connectivity index (χ0) is 50.7. The lowest BCUT2D eigenvalue weighted by Gasteiger charge is -2.13. The Morgan fingerprint density at radius 2 is 0.779 bits per heavy atom. The molecule has 0 amide bonds. The molecule has 0 spiro atoms. The molecular formula is C69H42FN7. The van der Waals surface area contributed by atoms with Crippen molar-refractivity contribution < 1.29 is 4.39 Å². The number of rotatable bonds is 7. The Labute approximate surface area is 440 Å². The maximum atomic E-state index is 16.8. The van der Waals surface area contributed by atoms with E-state index < -0.39 is 5.82 Å². The predicted octanol–water partition coefficient (Wildman–Crippen LogP) is 17.6. The molecule has 0 aliphatic rings. The molecule has 0 atom stereocenters. The number of nitrogens with zero attached hydrogens (tertiary/aromatic N) is 6. The van der Waals surface area contributed by atoms with E-state index in [1.54, 1.807) is 12.1 Å². The van der Waals surface area contributed by atoms with Crippen molar-refractivity contribution in [3.8, 4) is 62.4 Å². The first-order valence-electron chi connectivity index (χ1n) is 25.9. The van der Waals surface area contributed by atoms with Gasteiger partial charge >= 0.3 is 0 Å². The van der Waals surface area contributed by atoms with Gasteiger partial charge in [0, 0.05) is 76.8 Å². The minimum absolute atomic E-state index is 0.256. The minimum atomic E-state index is -0.425. The largest absolute Gasteiger partial charge is 0.354 e. The van der Waals surface area contributed by atoms with Crippen LogP contribution in [0.4, 0.5) is 4.39 Å². The third-order valence-electron chi connectivity index (χ3n) is 15.5. The molecule has 16 aromatic rings. The van der Waals surface area contributed by atoms with Crippen LogP contribution in [-0.4, -0.2) is 33.6 Å². The maximum absolute atomic E-state index is 16.8. The van der Waals surface area contributed by atoms with Crippen LogP contribution in [0, 0.1) is 5.82 Å². The highest BCUT2D eigenvalue weighted by Crippen LogP contribution is 2.49. The minimum Gasteiger partial charge on any atom is -0.354 e. The zero-order valence-corrected chi connectivity index (χ0v) is 41.2. The monoisotopic (exact) mass is 987 g/mol. The molecule has 0 saturated carbocycles. The van der Waals surface area contributed by atoms with Crippen LogP contribution < -0.4 is 0 Å². The van der Waals surface area contributed by atoms with Gasteiger partial charge in [0.05, 0.1) is 44.2 Å². The molecule has 0 fully saturated rings. The molecule has 0 aliphatic carbocycles. The van der Waals surface area contributed by atoms with Crippen molar-refractivity contribution >= 4 is 87.2 Å². The topological polar surface area (TPSA) is 69.2 Å². The van der Waals surface area contributed by atoms with Crippen molar-refractivity contribution in [2.45, 2.75) is 0 Å². The second-order valence-corrected chi connectivity index (χ2v) is 19.7. The first kappa shape index (κ1) is 43.0. The maximum Gasteiger partial charge on any atom is 0.167 e. The van der Waals surface area contributed by atoms with E-state index in [9.17, 15) is 0 Å². The van der Waals surface area contributed by atoms with E-state index in [1.807, 2.05) is 72.8 Å². The number of hydrogen-bond donors (Lipinski definition) is 1. The van der Waals surface area contributed by atoms with E-state index in [0.29, 0.717) is 22.9 Å². The van der Waals surface area contributed by atoms with Gasteiger partial charge in [-0.05, 0) is 90.0 Å². The summed E-state index contributed by atoms with van der Waals surface area (Å²) in [6.45, 7) is 0. The zero-order valence-electron chi connectivity index (χ0n) is 41.2. The molecule has 0 radical (unpaired) electrons. The average molecular weight is 988 g/mol. The van der Waals surface area contributed by atoms with Crippen LogP contribution in [0.25, 0.3) is 150 Å². The molecule has 5 heterocycles. The summed E-state index contributed by atoms with van der Waals surface area (Å²) in [5.74, 6) is 0.742. The number of para-hydroxylation sites is 6. The smallest absolute Gasteiger partial charge is 0.167 e. The third-order valence-corrected chi connectivity index (χ3v) is 15.5. The molecule has 360 valence electrons. The van der Waals surface area contributed by atoms with E-state index in [-0.39, 0.29) is 5.82 Å². The second kappa shape index (κ2) is 16.8. The molecule has 0 aliphatic heterocycles. The standard InChI is InChI=1S/C69H42FN7/c70-55-41-48(75-57-30-13-8-24-49(57)50-25-9-14-31-58(50)75)38-39-51(55)69-73-67(43-18-3-1-4-19-43)72-68(74-69)45-21-17-20-44(40-45)42-34-36-47(37-35-42)77-60-33-16-11-28-54(60)63-65(77)61-52-26-7-12-29-56(52)71-64(61)62-53-27-10-15-32-59(53)76(66(62)63)46-22-5-2-6-23-46/h1-41,71H. The fraction of sp³-hybridized carbons (Fsp3) is 0. The Morgan fingerprint density at radius 1 is 0.312 bits per heavy atom. The van der Waals surface area contributed by atoms with Gasteiger partial charge < -0.3 is 18.7 Å². The predicted molar refractivity (Wildman–Crippen MR) is 314 cm³/mol. The van der Waals surface area contributed by atoms with E-state index in [2.05, 4.69) is 182 Å². The number of aromatic nitrogens is 7. The Kier molecular flexibility index (Phi) is 9.38. The molecule has 7 nitrogen and oxygen atoms in total. The van der Waals surface area contributed by atoms with Crippen LogP contribution in [0.3, 0.4) is 0 Å². The lowest BCUT2D eigenvalue weighted by molar-refractivity contribution is 0.629. The van der Waals surface area contributed by atoms with Crippen molar-refractivity contribution in [3.05, 3.63) is 255 Å². The van der Waals surface area contributed by atoms with Crippen LogP contribution in [0.5, 0.6) is 0 Å². The lowest BCUT2D eigenvalue weighted by atomic mass is 10.0. The van der Waals surface area contributed by atoms with Crippen molar-refractivity contribution in [3.63, 3.8) is 0 Å². The molecule has 8 heteroatoms. The Hall–Kier alpha value is -10.4. The first-order chi connectivity index (χ1) is 38.1. The van der Waals surface area contributed by atoms with Gasteiger partial charge in [-0.2, -0.15) is 0 Å². The van der Waals surface area contributed by atoms with Gasteiger partial charge in [0.2, 0.25) is 0 Å². The highest BCUT2D eigenvalue weighted by molar-refractivity contribution is 6.39. The summed E-state index contributed by atoms with van der Waals surface area (Å²) in [7, 11) is 0. The fourth-order valence-corrected chi connectivity index (χ4v) is 12.1. The Balaban J connectivity index is 0.839. The summed E-state index contributed by atoms with van der Waals surface area (Å²) in [6, 6.07) is 85.7. The molecule has 1 N–H and O–H groups in total. The number of halogens is 1. The average Bonchev–Trinajstić information content (AvgIpc) is 4.42. The van der Waals surface area contributed by atoms with Gasteiger partial charge in [0.1, 0.15) is 5.82 Å². The van der Waals surface area contributed by atoms with Crippen LogP contribution in [-0.2, 0) is 0 Å². The van der Waals surface area contributed by atoms with Crippen LogP contribution >= 0.6 is 0 Å². The third kappa shape index (κ3) is 6.52. The normalized spacial score (nSPS) is 12.0. The summed E-state index contributed by atoms with van der Waals surface area (Å²) in [4.78, 5) is 18.9. The summed E-state index contributed by atoms with van der Waals surface area (Å²) in [5.41, 5.74) is 15.6. The van der Waals surface area contributed by atoms with E-state index >= 15 is 4.39 Å². The second-order valence-electron chi connectivity index (χ2n) is 19.7. The summed E-state index contributed by atoms with van der Waals surface area (Å²) in [6.07, 6.45) is 0. The van der Waals surface area contributed by atoms with Gasteiger partial charge in [-0.15, -0.1) is 0 Å². The van der Waals surface area contributed by atoms with E-state index in [0.717, 1.165) is 83.0 Å². The van der Waals surface area contributed by atoms with Crippen molar-refractivity contribution in [2.75, 3.05) is 0 Å². The van der Waals surface area contributed by atoms with Gasteiger partial charge in [0.15, 0.2) is 17.5 Å². The van der Waals surface area contributed by atoms with Crippen LogP contribution in [0.1, 0.15) is 0 Å². The molecule has 0 unspecified atom stereocenters. The van der Waals surface area contributed by atoms with Crippen LogP contribution in [0.2, 0.25) is 0 Å². The molecule has 77 heavy (non-hydrogen) atoms. The molecule has 16 rings (SSSR count).